The molecule has 31 heavy (non-hydrogen) atoms. The summed E-state index contributed by atoms with van der Waals surface area (Å²) < 4.78 is 24.4. The molecule has 1 heterocycles. The topological polar surface area (TPSA) is 114 Å². The zero-order valence-corrected chi connectivity index (χ0v) is 19.2. The zero-order chi connectivity index (χ0) is 22.9. The van der Waals surface area contributed by atoms with Crippen molar-refractivity contribution >= 4 is 48.1 Å². The van der Waals surface area contributed by atoms with Gasteiger partial charge in [0.15, 0.2) is 15.0 Å². The second kappa shape index (κ2) is 8.69. The van der Waals surface area contributed by atoms with Crippen LogP contribution in [0, 0.1) is 17.0 Å². The number of hydrogen-bond acceptors (Lipinski definition) is 8. The van der Waals surface area contributed by atoms with E-state index in [9.17, 15) is 23.3 Å². The molecule has 0 fully saturated rings. The number of nitrogens with zero attached hydrogens (tertiary/aromatic N) is 4. The van der Waals surface area contributed by atoms with E-state index in [0.717, 1.165) is 6.26 Å². The van der Waals surface area contributed by atoms with Gasteiger partial charge >= 0.3 is 0 Å². The molecule has 2 aromatic carbocycles. The number of fused-ring (bicyclic) bond motifs is 1. The fraction of sp³-hybridized carbons (Fsp3) is 0.300. The summed E-state index contributed by atoms with van der Waals surface area (Å²) in [6.07, 6.45) is 1.13. The van der Waals surface area contributed by atoms with E-state index in [-0.39, 0.29) is 21.7 Å². The van der Waals surface area contributed by atoms with Crippen molar-refractivity contribution in [2.75, 3.05) is 38.3 Å². The predicted molar refractivity (Wildman–Crippen MR) is 121 cm³/mol. The molecule has 0 saturated heterocycles. The lowest BCUT2D eigenvalue weighted by atomic mass is 10.1. The highest BCUT2D eigenvalue weighted by Crippen LogP contribution is 2.32. The maximum Gasteiger partial charge on any atom is 0.273 e. The Kier molecular flexibility index (Phi) is 6.39. The van der Waals surface area contributed by atoms with Gasteiger partial charge in [-0.1, -0.05) is 17.4 Å². The largest absolute Gasteiger partial charge is 0.308 e. The number of amides is 1. The lowest BCUT2D eigenvalue weighted by Crippen LogP contribution is -2.37. The van der Waals surface area contributed by atoms with E-state index in [1.165, 1.54) is 34.4 Å². The van der Waals surface area contributed by atoms with Crippen molar-refractivity contribution in [3.63, 3.8) is 0 Å². The number of hydrogen-bond donors (Lipinski definition) is 0. The lowest BCUT2D eigenvalue weighted by Gasteiger charge is -2.22. The zero-order valence-electron chi connectivity index (χ0n) is 17.5. The van der Waals surface area contributed by atoms with Crippen LogP contribution in [0.25, 0.3) is 10.2 Å². The lowest BCUT2D eigenvalue weighted by molar-refractivity contribution is -0.385. The van der Waals surface area contributed by atoms with Crippen LogP contribution in [0.3, 0.4) is 0 Å². The first-order valence-electron chi connectivity index (χ1n) is 9.30. The number of anilines is 1. The van der Waals surface area contributed by atoms with E-state index in [1.54, 1.807) is 25.1 Å². The van der Waals surface area contributed by atoms with Crippen LogP contribution in [0.5, 0.6) is 0 Å². The summed E-state index contributed by atoms with van der Waals surface area (Å²) >= 11 is 1.20. The molecule has 0 saturated carbocycles. The number of thiazole rings is 1. The fourth-order valence-corrected chi connectivity index (χ4v) is 4.77. The molecule has 0 unspecified atom stereocenters. The molecule has 0 spiro atoms. The molecule has 0 bridgehead atoms. The highest BCUT2D eigenvalue weighted by atomic mass is 32.2. The molecule has 1 amide bonds. The Labute approximate surface area is 184 Å². The average molecular weight is 463 g/mol. The van der Waals surface area contributed by atoms with Crippen molar-refractivity contribution in [2.24, 2.45) is 0 Å². The first kappa shape index (κ1) is 22.8. The van der Waals surface area contributed by atoms with Crippen molar-refractivity contribution in [3.05, 3.63) is 57.6 Å². The van der Waals surface area contributed by atoms with Crippen LogP contribution in [0.2, 0.25) is 0 Å². The van der Waals surface area contributed by atoms with Gasteiger partial charge in [0.2, 0.25) is 0 Å². The molecule has 3 rings (SSSR count). The summed E-state index contributed by atoms with van der Waals surface area (Å²) in [5.74, 6) is -0.398. The van der Waals surface area contributed by atoms with Gasteiger partial charge in [0.1, 0.15) is 0 Å². The second-order valence-electron chi connectivity index (χ2n) is 7.37. The van der Waals surface area contributed by atoms with Gasteiger partial charge in [0.05, 0.1) is 20.0 Å². The van der Waals surface area contributed by atoms with E-state index in [4.69, 9.17) is 0 Å². The highest BCUT2D eigenvalue weighted by molar-refractivity contribution is 7.90. The van der Waals surface area contributed by atoms with Crippen LogP contribution in [0.1, 0.15) is 15.9 Å². The maximum atomic E-state index is 13.4. The van der Waals surface area contributed by atoms with E-state index < -0.39 is 20.7 Å². The summed E-state index contributed by atoms with van der Waals surface area (Å²) in [7, 11) is 0.369. The molecule has 3 aromatic rings. The van der Waals surface area contributed by atoms with E-state index in [2.05, 4.69) is 4.98 Å². The van der Waals surface area contributed by atoms with Gasteiger partial charge in [-0.3, -0.25) is 19.8 Å². The first-order chi connectivity index (χ1) is 14.5. The third-order valence-corrected chi connectivity index (χ3v) is 6.91. The minimum absolute atomic E-state index is 0.125. The van der Waals surface area contributed by atoms with Crippen molar-refractivity contribution in [1.29, 1.82) is 0 Å². The first-order valence-corrected chi connectivity index (χ1v) is 12.0. The van der Waals surface area contributed by atoms with Gasteiger partial charge in [-0.25, -0.2) is 13.4 Å². The summed E-state index contributed by atoms with van der Waals surface area (Å²) in [4.78, 5) is 32.3. The highest BCUT2D eigenvalue weighted by Gasteiger charge is 2.26. The third kappa shape index (κ3) is 4.89. The van der Waals surface area contributed by atoms with Gasteiger partial charge in [-0.15, -0.1) is 0 Å². The molecule has 9 nitrogen and oxygen atoms in total. The standard InChI is InChI=1S/C20H22N4O5S2/c1-13-15(6-5-7-17(13)24(26)27)19(25)23(11-10-22(2)3)20-21-16-9-8-14(31(4,28)29)12-18(16)30-20/h5-9,12H,10-11H2,1-4H3. The van der Waals surface area contributed by atoms with E-state index in [1.807, 2.05) is 19.0 Å². The number of likely N-dealkylation sites (N-methyl/N-ethyl adjacent to an activating group) is 1. The Morgan fingerprint density at radius 1 is 1.19 bits per heavy atom. The number of carbonyl (C=O) groups excluding carboxylic acids is 1. The number of nitro benzene ring substituents is 1. The van der Waals surface area contributed by atoms with Gasteiger partial charge in [-0.2, -0.15) is 0 Å². The molecule has 0 aliphatic rings. The van der Waals surface area contributed by atoms with Crippen LogP contribution < -0.4 is 4.90 Å². The van der Waals surface area contributed by atoms with Crippen LogP contribution in [-0.2, 0) is 9.84 Å². The molecule has 164 valence electrons. The van der Waals surface area contributed by atoms with E-state index >= 15 is 0 Å². The number of sulfone groups is 1. The molecular formula is C20H22N4O5S2. The predicted octanol–water partition coefficient (Wildman–Crippen LogP) is 3.12. The molecule has 0 aliphatic heterocycles. The molecule has 11 heteroatoms. The van der Waals surface area contributed by atoms with Gasteiger partial charge < -0.3 is 4.90 Å². The molecule has 0 aliphatic carbocycles. The third-order valence-electron chi connectivity index (χ3n) is 4.76. The Bertz CT molecular complexity index is 1270. The second-order valence-corrected chi connectivity index (χ2v) is 10.4. The number of rotatable bonds is 7. The van der Waals surface area contributed by atoms with Crippen LogP contribution >= 0.6 is 11.3 Å². The maximum absolute atomic E-state index is 13.4. The van der Waals surface area contributed by atoms with Crippen molar-refractivity contribution < 1.29 is 18.1 Å². The smallest absolute Gasteiger partial charge is 0.273 e. The minimum atomic E-state index is -3.38. The molecule has 0 radical (unpaired) electrons. The normalized spacial score (nSPS) is 11.8. The Morgan fingerprint density at radius 2 is 1.90 bits per heavy atom. The van der Waals surface area contributed by atoms with Crippen LogP contribution in [0.15, 0.2) is 41.3 Å². The summed E-state index contributed by atoms with van der Waals surface area (Å²) in [6, 6.07) is 9.04. The van der Waals surface area contributed by atoms with Crippen molar-refractivity contribution in [3.8, 4) is 0 Å². The van der Waals surface area contributed by atoms with Crippen molar-refractivity contribution in [2.45, 2.75) is 11.8 Å². The molecule has 1 aromatic heterocycles. The van der Waals surface area contributed by atoms with Crippen molar-refractivity contribution in [1.82, 2.24) is 9.88 Å². The summed E-state index contributed by atoms with van der Waals surface area (Å²) in [5, 5.41) is 11.7. The fourth-order valence-electron chi connectivity index (χ4n) is 3.02. The summed E-state index contributed by atoms with van der Waals surface area (Å²) in [5.41, 5.74) is 0.961. The molecule has 0 atom stereocenters. The van der Waals surface area contributed by atoms with Gasteiger partial charge in [0.25, 0.3) is 11.6 Å². The van der Waals surface area contributed by atoms with Gasteiger partial charge in [-0.05, 0) is 45.3 Å². The van der Waals surface area contributed by atoms with Gasteiger partial charge in [0, 0.05) is 36.5 Å². The molecular weight excluding hydrogens is 440 g/mol. The van der Waals surface area contributed by atoms with E-state index in [0.29, 0.717) is 28.4 Å². The SMILES string of the molecule is Cc1c(C(=O)N(CCN(C)C)c2nc3ccc(S(C)(=O)=O)cc3s2)cccc1[N+](=O)[O-]. The monoisotopic (exact) mass is 462 g/mol. The minimum Gasteiger partial charge on any atom is -0.308 e. The Morgan fingerprint density at radius 3 is 2.52 bits per heavy atom. The number of aromatic nitrogens is 1. The summed E-state index contributed by atoms with van der Waals surface area (Å²) in [6.45, 7) is 2.41. The number of benzene rings is 2. The van der Waals surface area contributed by atoms with Crippen LogP contribution in [0.4, 0.5) is 10.8 Å². The average Bonchev–Trinajstić information content (AvgIpc) is 3.09. The number of nitro groups is 1. The molecule has 0 N–H and O–H groups in total. The Balaban J connectivity index is 2.08. The van der Waals surface area contributed by atoms with Crippen LogP contribution in [-0.4, -0.2) is 62.6 Å². The Hall–Kier alpha value is -2.89. The quantitative estimate of drug-likeness (QED) is 0.391. The number of carbonyl (C=O) groups is 1.